The third-order valence-corrected chi connectivity index (χ3v) is 4.02. The van der Waals surface area contributed by atoms with Crippen LogP contribution in [0.5, 0.6) is 0 Å². The van der Waals surface area contributed by atoms with E-state index in [1.54, 1.807) is 10.9 Å². The second-order valence-electron chi connectivity index (χ2n) is 5.47. The lowest BCUT2D eigenvalue weighted by Crippen LogP contribution is -2.11. The summed E-state index contributed by atoms with van der Waals surface area (Å²) >= 11 is 6.06. The Balaban J connectivity index is 1.85. The molecule has 0 aliphatic rings. The molecule has 0 aliphatic carbocycles. The van der Waals surface area contributed by atoms with Crippen molar-refractivity contribution < 1.29 is 5.11 Å². The van der Waals surface area contributed by atoms with Gasteiger partial charge in [0.2, 0.25) is 0 Å². The van der Waals surface area contributed by atoms with Gasteiger partial charge in [0.15, 0.2) is 0 Å². The van der Waals surface area contributed by atoms with Crippen LogP contribution < -0.4 is 5.32 Å². The SMILES string of the molecule is Cc1ncccc1CNc1cc(-c2cccc(Cl)c2)nn1CCO. The molecule has 0 saturated heterocycles. The van der Waals surface area contributed by atoms with E-state index in [0.717, 1.165) is 28.3 Å². The van der Waals surface area contributed by atoms with E-state index in [-0.39, 0.29) is 6.61 Å². The highest BCUT2D eigenvalue weighted by Gasteiger charge is 2.10. The second-order valence-corrected chi connectivity index (χ2v) is 5.91. The Labute approximate surface area is 145 Å². The summed E-state index contributed by atoms with van der Waals surface area (Å²) in [5.74, 6) is 0.849. The van der Waals surface area contributed by atoms with Crippen LogP contribution in [0.15, 0.2) is 48.7 Å². The summed E-state index contributed by atoms with van der Waals surface area (Å²) in [7, 11) is 0. The summed E-state index contributed by atoms with van der Waals surface area (Å²) in [6.45, 7) is 3.08. The van der Waals surface area contributed by atoms with Crippen molar-refractivity contribution in [3.63, 3.8) is 0 Å². The van der Waals surface area contributed by atoms with Crippen molar-refractivity contribution in [2.24, 2.45) is 0 Å². The summed E-state index contributed by atoms with van der Waals surface area (Å²) in [6.07, 6.45) is 1.78. The first-order valence-electron chi connectivity index (χ1n) is 7.76. The molecule has 124 valence electrons. The number of halogens is 1. The summed E-state index contributed by atoms with van der Waals surface area (Å²) < 4.78 is 1.77. The Bertz CT molecular complexity index is 831. The van der Waals surface area contributed by atoms with Crippen LogP contribution in [0, 0.1) is 6.92 Å². The van der Waals surface area contributed by atoms with E-state index >= 15 is 0 Å². The molecule has 0 fully saturated rings. The van der Waals surface area contributed by atoms with Gasteiger partial charge in [-0.2, -0.15) is 5.10 Å². The van der Waals surface area contributed by atoms with Crippen LogP contribution in [0.2, 0.25) is 5.02 Å². The lowest BCUT2D eigenvalue weighted by Gasteiger charge is -2.09. The molecular weight excluding hydrogens is 324 g/mol. The fourth-order valence-electron chi connectivity index (χ4n) is 2.50. The van der Waals surface area contributed by atoms with Gasteiger partial charge in [-0.3, -0.25) is 4.98 Å². The molecular formula is C18H19ClN4O. The minimum absolute atomic E-state index is 0.0251. The summed E-state index contributed by atoms with van der Waals surface area (Å²) in [4.78, 5) is 4.30. The van der Waals surface area contributed by atoms with Crippen molar-refractivity contribution >= 4 is 17.4 Å². The first kappa shape index (κ1) is 16.5. The highest BCUT2D eigenvalue weighted by Crippen LogP contribution is 2.25. The average Bonchev–Trinajstić information content (AvgIpc) is 2.98. The Hall–Kier alpha value is -2.37. The maximum Gasteiger partial charge on any atom is 0.125 e. The predicted octanol–water partition coefficient (Wildman–Crippen LogP) is 3.51. The number of nitrogens with one attached hydrogen (secondary N) is 1. The molecule has 0 bridgehead atoms. The molecule has 0 radical (unpaired) electrons. The predicted molar refractivity (Wildman–Crippen MR) is 96.1 cm³/mol. The van der Waals surface area contributed by atoms with Crippen LogP contribution in [-0.2, 0) is 13.1 Å². The first-order chi connectivity index (χ1) is 11.7. The summed E-state index contributed by atoms with van der Waals surface area (Å²) in [5, 5.41) is 17.9. The molecule has 3 rings (SSSR count). The minimum Gasteiger partial charge on any atom is -0.394 e. The molecule has 6 heteroatoms. The standard InChI is InChI=1S/C18H19ClN4O/c1-13-15(5-3-7-20-13)12-21-18-11-17(22-23(18)8-9-24)14-4-2-6-16(19)10-14/h2-7,10-11,21,24H,8-9,12H2,1H3. The van der Waals surface area contributed by atoms with Gasteiger partial charge in [0.05, 0.1) is 18.8 Å². The quantitative estimate of drug-likeness (QED) is 0.719. The van der Waals surface area contributed by atoms with Gasteiger partial charge in [-0.15, -0.1) is 0 Å². The van der Waals surface area contributed by atoms with E-state index in [1.165, 1.54) is 0 Å². The monoisotopic (exact) mass is 342 g/mol. The zero-order valence-electron chi connectivity index (χ0n) is 13.4. The smallest absolute Gasteiger partial charge is 0.125 e. The fraction of sp³-hybridized carbons (Fsp3) is 0.222. The number of aryl methyl sites for hydroxylation is 1. The molecule has 0 aliphatic heterocycles. The second kappa shape index (κ2) is 7.47. The number of rotatable bonds is 6. The number of anilines is 1. The van der Waals surface area contributed by atoms with Gasteiger partial charge < -0.3 is 10.4 Å². The Morgan fingerprint density at radius 2 is 2.08 bits per heavy atom. The van der Waals surface area contributed by atoms with Crippen molar-refractivity contribution in [2.75, 3.05) is 11.9 Å². The van der Waals surface area contributed by atoms with E-state index < -0.39 is 0 Å². The molecule has 3 aromatic rings. The van der Waals surface area contributed by atoms with E-state index in [2.05, 4.69) is 15.4 Å². The molecule has 0 saturated carbocycles. The molecule has 0 unspecified atom stereocenters. The van der Waals surface area contributed by atoms with Gasteiger partial charge in [0, 0.05) is 35.1 Å². The summed E-state index contributed by atoms with van der Waals surface area (Å²) in [6, 6.07) is 13.5. The third kappa shape index (κ3) is 3.75. The number of aliphatic hydroxyl groups excluding tert-OH is 1. The van der Waals surface area contributed by atoms with Gasteiger partial charge in [0.1, 0.15) is 5.82 Å². The molecule has 5 nitrogen and oxygen atoms in total. The van der Waals surface area contributed by atoms with Crippen LogP contribution in [0.25, 0.3) is 11.3 Å². The van der Waals surface area contributed by atoms with Gasteiger partial charge in [0.25, 0.3) is 0 Å². The molecule has 0 atom stereocenters. The Kier molecular flexibility index (Phi) is 5.13. The van der Waals surface area contributed by atoms with Gasteiger partial charge in [-0.25, -0.2) is 4.68 Å². The molecule has 1 aromatic carbocycles. The van der Waals surface area contributed by atoms with E-state index in [9.17, 15) is 5.11 Å². The molecule has 0 spiro atoms. The number of hydrogen-bond acceptors (Lipinski definition) is 4. The highest BCUT2D eigenvalue weighted by atomic mass is 35.5. The average molecular weight is 343 g/mol. The molecule has 24 heavy (non-hydrogen) atoms. The third-order valence-electron chi connectivity index (χ3n) is 3.79. The van der Waals surface area contributed by atoms with Crippen molar-refractivity contribution in [3.8, 4) is 11.3 Å². The van der Waals surface area contributed by atoms with E-state index in [4.69, 9.17) is 11.6 Å². The van der Waals surface area contributed by atoms with Crippen molar-refractivity contribution in [3.05, 3.63) is 64.9 Å². The number of hydrogen-bond donors (Lipinski definition) is 2. The van der Waals surface area contributed by atoms with Crippen molar-refractivity contribution in [1.29, 1.82) is 0 Å². The van der Waals surface area contributed by atoms with Crippen LogP contribution in [-0.4, -0.2) is 26.5 Å². The molecule has 0 amide bonds. The lowest BCUT2D eigenvalue weighted by molar-refractivity contribution is 0.270. The zero-order chi connectivity index (χ0) is 16.9. The van der Waals surface area contributed by atoms with Crippen molar-refractivity contribution in [2.45, 2.75) is 20.0 Å². The zero-order valence-corrected chi connectivity index (χ0v) is 14.2. The number of aliphatic hydroxyl groups is 1. The van der Waals surface area contributed by atoms with Gasteiger partial charge >= 0.3 is 0 Å². The van der Waals surface area contributed by atoms with Crippen LogP contribution in [0.1, 0.15) is 11.3 Å². The molecule has 2 heterocycles. The fourth-order valence-corrected chi connectivity index (χ4v) is 2.69. The minimum atomic E-state index is 0.0251. The Morgan fingerprint density at radius 3 is 2.83 bits per heavy atom. The van der Waals surface area contributed by atoms with Crippen LogP contribution in [0.4, 0.5) is 5.82 Å². The maximum absolute atomic E-state index is 9.28. The van der Waals surface area contributed by atoms with Crippen LogP contribution in [0.3, 0.4) is 0 Å². The number of aromatic nitrogens is 3. The topological polar surface area (TPSA) is 63.0 Å². The maximum atomic E-state index is 9.28. The van der Waals surface area contributed by atoms with E-state index in [0.29, 0.717) is 18.1 Å². The number of pyridine rings is 1. The lowest BCUT2D eigenvalue weighted by atomic mass is 10.1. The van der Waals surface area contributed by atoms with Crippen LogP contribution >= 0.6 is 11.6 Å². The van der Waals surface area contributed by atoms with Crippen molar-refractivity contribution in [1.82, 2.24) is 14.8 Å². The number of benzene rings is 1. The van der Waals surface area contributed by atoms with Gasteiger partial charge in [-0.1, -0.05) is 29.8 Å². The molecule has 2 N–H and O–H groups in total. The molecule has 2 aromatic heterocycles. The highest BCUT2D eigenvalue weighted by molar-refractivity contribution is 6.30. The normalized spacial score (nSPS) is 10.8. The van der Waals surface area contributed by atoms with Gasteiger partial charge in [-0.05, 0) is 30.7 Å². The first-order valence-corrected chi connectivity index (χ1v) is 8.14. The Morgan fingerprint density at radius 1 is 1.21 bits per heavy atom. The summed E-state index contributed by atoms with van der Waals surface area (Å²) in [5.41, 5.74) is 3.88. The number of nitrogens with zero attached hydrogens (tertiary/aromatic N) is 3. The largest absolute Gasteiger partial charge is 0.394 e. The van der Waals surface area contributed by atoms with E-state index in [1.807, 2.05) is 49.4 Å².